The Morgan fingerprint density at radius 3 is 2.40 bits per heavy atom. The summed E-state index contributed by atoms with van der Waals surface area (Å²) in [7, 11) is 0. The normalized spacial score (nSPS) is 14.1. The van der Waals surface area contributed by atoms with Gasteiger partial charge in [0.1, 0.15) is 5.75 Å². The molecule has 0 unspecified atom stereocenters. The number of halogens is 1. The number of aromatic hydroxyl groups is 1. The number of aromatic nitrogens is 2. The van der Waals surface area contributed by atoms with Crippen molar-refractivity contribution >= 4 is 41.8 Å². The highest BCUT2D eigenvalue weighted by molar-refractivity contribution is 14.0. The summed E-state index contributed by atoms with van der Waals surface area (Å²) < 4.78 is 0. The Balaban J connectivity index is 0.00000320. The number of aliphatic imine (C=N–C) groups is 1. The lowest BCUT2D eigenvalue weighted by Gasteiger charge is -2.36. The molecule has 1 aromatic heterocycles. The maximum Gasteiger partial charge on any atom is 0.251 e. The van der Waals surface area contributed by atoms with E-state index in [1.54, 1.807) is 24.5 Å². The van der Waals surface area contributed by atoms with Crippen molar-refractivity contribution in [2.75, 3.05) is 50.7 Å². The number of anilines is 1. The zero-order valence-corrected chi connectivity index (χ0v) is 19.3. The van der Waals surface area contributed by atoms with E-state index in [9.17, 15) is 9.90 Å². The van der Waals surface area contributed by atoms with E-state index in [-0.39, 0.29) is 35.6 Å². The number of hydrogen-bond donors (Lipinski definition) is 3. The minimum atomic E-state index is -0.179. The minimum Gasteiger partial charge on any atom is -0.508 e. The van der Waals surface area contributed by atoms with Gasteiger partial charge < -0.3 is 25.5 Å². The SMILES string of the molecule is CCNC(=NCCNC(=O)c1ccc(O)cc1)N1CCN(c2ncccn2)CC1.I. The molecule has 3 rings (SSSR count). The van der Waals surface area contributed by atoms with Crippen LogP contribution in [-0.4, -0.2) is 77.7 Å². The fraction of sp³-hybridized carbons (Fsp3) is 0.400. The Labute approximate surface area is 193 Å². The van der Waals surface area contributed by atoms with Gasteiger partial charge in [-0.1, -0.05) is 0 Å². The molecule has 0 aliphatic carbocycles. The average Bonchev–Trinajstić information content (AvgIpc) is 2.77. The fourth-order valence-corrected chi connectivity index (χ4v) is 3.04. The standard InChI is InChI=1S/C20H27N7O2.HI/c1-2-21-19(25-11-10-22-18(29)16-4-6-17(28)7-5-16)26-12-14-27(15-13-26)20-23-8-3-9-24-20;/h3-9,28H,2,10-15H2,1H3,(H,21,25)(H,22,29);1H. The Bertz CT molecular complexity index is 810. The third-order valence-corrected chi connectivity index (χ3v) is 4.54. The molecule has 0 atom stereocenters. The summed E-state index contributed by atoms with van der Waals surface area (Å²) in [5.41, 5.74) is 0.512. The van der Waals surface area contributed by atoms with E-state index in [0.29, 0.717) is 18.7 Å². The molecule has 1 fully saturated rings. The summed E-state index contributed by atoms with van der Waals surface area (Å²) in [6, 6.07) is 7.99. The third kappa shape index (κ3) is 6.71. The first-order valence-electron chi connectivity index (χ1n) is 9.80. The first-order valence-corrected chi connectivity index (χ1v) is 9.80. The van der Waals surface area contributed by atoms with Gasteiger partial charge in [-0.25, -0.2) is 9.97 Å². The van der Waals surface area contributed by atoms with E-state index in [1.165, 1.54) is 12.1 Å². The molecule has 0 saturated carbocycles. The lowest BCUT2D eigenvalue weighted by atomic mass is 10.2. The molecule has 30 heavy (non-hydrogen) atoms. The molecule has 1 aliphatic heterocycles. The second-order valence-electron chi connectivity index (χ2n) is 6.56. The van der Waals surface area contributed by atoms with Crippen molar-refractivity contribution in [2.45, 2.75) is 6.92 Å². The van der Waals surface area contributed by atoms with Gasteiger partial charge in [0.15, 0.2) is 5.96 Å². The highest BCUT2D eigenvalue weighted by Gasteiger charge is 2.20. The van der Waals surface area contributed by atoms with Gasteiger partial charge >= 0.3 is 0 Å². The van der Waals surface area contributed by atoms with E-state index in [0.717, 1.165) is 44.6 Å². The Hall–Kier alpha value is -2.63. The molecule has 162 valence electrons. The monoisotopic (exact) mass is 525 g/mol. The average molecular weight is 525 g/mol. The molecule has 1 amide bonds. The van der Waals surface area contributed by atoms with E-state index < -0.39 is 0 Å². The van der Waals surface area contributed by atoms with Crippen LogP contribution in [0.3, 0.4) is 0 Å². The number of carbonyl (C=O) groups excluding carboxylic acids is 1. The molecule has 10 heteroatoms. The number of nitrogens with zero attached hydrogens (tertiary/aromatic N) is 5. The number of amides is 1. The molecule has 9 nitrogen and oxygen atoms in total. The van der Waals surface area contributed by atoms with Gasteiger partial charge in [0, 0.05) is 57.2 Å². The highest BCUT2D eigenvalue weighted by Crippen LogP contribution is 2.10. The van der Waals surface area contributed by atoms with Gasteiger partial charge in [0.2, 0.25) is 5.95 Å². The quantitative estimate of drug-likeness (QED) is 0.226. The van der Waals surface area contributed by atoms with Crippen molar-refractivity contribution in [3.63, 3.8) is 0 Å². The van der Waals surface area contributed by atoms with Gasteiger partial charge in [-0.2, -0.15) is 0 Å². The predicted octanol–water partition coefficient (Wildman–Crippen LogP) is 1.32. The van der Waals surface area contributed by atoms with Crippen LogP contribution in [0, 0.1) is 0 Å². The molecule has 2 aromatic rings. The Morgan fingerprint density at radius 2 is 1.77 bits per heavy atom. The lowest BCUT2D eigenvalue weighted by Crippen LogP contribution is -2.53. The summed E-state index contributed by atoms with van der Waals surface area (Å²) >= 11 is 0. The first kappa shape index (κ1) is 23.6. The maximum atomic E-state index is 12.1. The molecular formula is C20H28IN7O2. The molecule has 0 bridgehead atoms. The van der Waals surface area contributed by atoms with Crippen molar-refractivity contribution in [2.24, 2.45) is 4.99 Å². The van der Waals surface area contributed by atoms with Crippen molar-refractivity contribution in [1.82, 2.24) is 25.5 Å². The van der Waals surface area contributed by atoms with E-state index >= 15 is 0 Å². The van der Waals surface area contributed by atoms with Crippen LogP contribution in [0.25, 0.3) is 0 Å². The molecular weight excluding hydrogens is 497 g/mol. The van der Waals surface area contributed by atoms with Crippen LogP contribution >= 0.6 is 24.0 Å². The number of piperazine rings is 1. The van der Waals surface area contributed by atoms with E-state index in [1.807, 2.05) is 13.0 Å². The molecule has 3 N–H and O–H groups in total. The number of nitrogens with one attached hydrogen (secondary N) is 2. The van der Waals surface area contributed by atoms with Crippen molar-refractivity contribution in [3.8, 4) is 5.75 Å². The van der Waals surface area contributed by atoms with Crippen LogP contribution in [0.15, 0.2) is 47.7 Å². The number of rotatable bonds is 6. The van der Waals surface area contributed by atoms with Gasteiger partial charge in [-0.15, -0.1) is 24.0 Å². The fourth-order valence-electron chi connectivity index (χ4n) is 3.04. The van der Waals surface area contributed by atoms with E-state index in [4.69, 9.17) is 0 Å². The van der Waals surface area contributed by atoms with Crippen LogP contribution in [0.1, 0.15) is 17.3 Å². The Morgan fingerprint density at radius 1 is 1.10 bits per heavy atom. The molecule has 1 aromatic carbocycles. The molecule has 0 spiro atoms. The minimum absolute atomic E-state index is 0. The topological polar surface area (TPSA) is 106 Å². The highest BCUT2D eigenvalue weighted by atomic mass is 127. The Kier molecular flexibility index (Phi) is 9.58. The number of guanidine groups is 1. The van der Waals surface area contributed by atoms with Crippen molar-refractivity contribution in [3.05, 3.63) is 48.3 Å². The number of benzene rings is 1. The van der Waals surface area contributed by atoms with Gasteiger partial charge in [-0.05, 0) is 37.3 Å². The second kappa shape index (κ2) is 12.2. The van der Waals surface area contributed by atoms with Crippen LogP contribution in [-0.2, 0) is 0 Å². The zero-order valence-electron chi connectivity index (χ0n) is 17.0. The summed E-state index contributed by atoms with van der Waals surface area (Å²) in [5, 5.41) is 15.5. The maximum absolute atomic E-state index is 12.1. The van der Waals surface area contributed by atoms with Crippen LogP contribution in [0.4, 0.5) is 5.95 Å². The van der Waals surface area contributed by atoms with Crippen molar-refractivity contribution in [1.29, 1.82) is 0 Å². The van der Waals surface area contributed by atoms with Crippen molar-refractivity contribution < 1.29 is 9.90 Å². The number of phenols is 1. The van der Waals surface area contributed by atoms with Crippen LogP contribution in [0.5, 0.6) is 5.75 Å². The number of phenolic OH excluding ortho intramolecular Hbond substituents is 1. The molecule has 1 aliphatic rings. The molecule has 2 heterocycles. The smallest absolute Gasteiger partial charge is 0.251 e. The summed E-state index contributed by atoms with van der Waals surface area (Å²) in [6.07, 6.45) is 3.51. The van der Waals surface area contributed by atoms with Crippen LogP contribution < -0.4 is 15.5 Å². The number of hydrogen-bond acceptors (Lipinski definition) is 6. The van der Waals surface area contributed by atoms with E-state index in [2.05, 4.69) is 35.4 Å². The van der Waals surface area contributed by atoms with Crippen LogP contribution in [0.2, 0.25) is 0 Å². The first-order chi connectivity index (χ1) is 14.2. The second-order valence-corrected chi connectivity index (χ2v) is 6.56. The zero-order chi connectivity index (χ0) is 20.5. The van der Waals surface area contributed by atoms with Gasteiger partial charge in [0.25, 0.3) is 5.91 Å². The largest absolute Gasteiger partial charge is 0.508 e. The predicted molar refractivity (Wildman–Crippen MR) is 128 cm³/mol. The summed E-state index contributed by atoms with van der Waals surface area (Å²) in [5.74, 6) is 1.56. The lowest BCUT2D eigenvalue weighted by molar-refractivity contribution is 0.0954. The van der Waals surface area contributed by atoms with Gasteiger partial charge in [0.05, 0.1) is 6.54 Å². The molecule has 1 saturated heterocycles. The number of carbonyl (C=O) groups is 1. The summed E-state index contributed by atoms with van der Waals surface area (Å²) in [4.78, 5) is 29.8. The molecule has 0 radical (unpaired) electrons. The third-order valence-electron chi connectivity index (χ3n) is 4.54. The van der Waals surface area contributed by atoms with Gasteiger partial charge in [-0.3, -0.25) is 9.79 Å². The summed E-state index contributed by atoms with van der Waals surface area (Å²) in [6.45, 7) is 7.03.